The third-order valence-corrected chi connectivity index (χ3v) is 4.38. The van der Waals surface area contributed by atoms with Gasteiger partial charge in [-0.1, -0.05) is 0 Å². The molecule has 1 aliphatic carbocycles. The first kappa shape index (κ1) is 12.3. The van der Waals surface area contributed by atoms with Crippen molar-refractivity contribution < 1.29 is 8.78 Å². The highest BCUT2D eigenvalue weighted by Gasteiger charge is 2.32. The first-order valence-electron chi connectivity index (χ1n) is 7.31. The third kappa shape index (κ3) is 1.92. The van der Waals surface area contributed by atoms with Crippen molar-refractivity contribution >= 4 is 11.0 Å². The maximum atomic E-state index is 13.6. The van der Waals surface area contributed by atoms with Gasteiger partial charge in [-0.2, -0.15) is 0 Å². The molecule has 5 heteroatoms. The lowest BCUT2D eigenvalue weighted by Crippen LogP contribution is -2.30. The van der Waals surface area contributed by atoms with E-state index in [1.54, 1.807) is 0 Å². The van der Waals surface area contributed by atoms with Crippen LogP contribution in [-0.2, 0) is 0 Å². The molecule has 2 aliphatic rings. The van der Waals surface area contributed by atoms with Gasteiger partial charge in [-0.3, -0.25) is 0 Å². The Balaban J connectivity index is 1.90. The monoisotopic (exact) mass is 277 g/mol. The highest BCUT2D eigenvalue weighted by atomic mass is 19.2. The van der Waals surface area contributed by atoms with Crippen molar-refractivity contribution in [1.82, 2.24) is 14.9 Å². The molecule has 2 aromatic rings. The second-order valence-electron chi connectivity index (χ2n) is 5.85. The summed E-state index contributed by atoms with van der Waals surface area (Å²) < 4.78 is 29.2. The van der Waals surface area contributed by atoms with Gasteiger partial charge >= 0.3 is 0 Å². The molecule has 4 rings (SSSR count). The van der Waals surface area contributed by atoms with Gasteiger partial charge in [0.2, 0.25) is 0 Å². The van der Waals surface area contributed by atoms with Crippen LogP contribution in [-0.4, -0.2) is 22.6 Å². The lowest BCUT2D eigenvalue weighted by molar-refractivity contribution is 0.366. The molecule has 2 heterocycles. The number of hydrogen-bond donors (Lipinski definition) is 1. The van der Waals surface area contributed by atoms with Crippen molar-refractivity contribution in [2.24, 2.45) is 0 Å². The maximum Gasteiger partial charge on any atom is 0.161 e. The van der Waals surface area contributed by atoms with Crippen LogP contribution in [0.2, 0.25) is 0 Å². The Labute approximate surface area is 116 Å². The van der Waals surface area contributed by atoms with E-state index >= 15 is 0 Å². The summed E-state index contributed by atoms with van der Waals surface area (Å²) in [4.78, 5) is 4.59. The highest BCUT2D eigenvalue weighted by molar-refractivity contribution is 5.76. The average molecular weight is 277 g/mol. The number of hydrogen-bond acceptors (Lipinski definition) is 2. The molecule has 1 saturated carbocycles. The summed E-state index contributed by atoms with van der Waals surface area (Å²) in [7, 11) is 0. The number of fused-ring (bicyclic) bond motifs is 1. The molecular weight excluding hydrogens is 260 g/mol. The summed E-state index contributed by atoms with van der Waals surface area (Å²) in [6.45, 7) is 1.94. The lowest BCUT2D eigenvalue weighted by Gasteiger charge is -2.26. The lowest BCUT2D eigenvalue weighted by atomic mass is 10.1. The number of piperidine rings is 1. The fourth-order valence-corrected chi connectivity index (χ4v) is 3.19. The van der Waals surface area contributed by atoms with Crippen LogP contribution in [0, 0.1) is 11.6 Å². The molecule has 0 spiro atoms. The van der Waals surface area contributed by atoms with Crippen molar-refractivity contribution in [3.8, 4) is 0 Å². The predicted octanol–water partition coefficient (Wildman–Crippen LogP) is 3.12. The Morgan fingerprint density at radius 2 is 1.75 bits per heavy atom. The zero-order valence-electron chi connectivity index (χ0n) is 11.2. The molecule has 1 N–H and O–H groups in total. The van der Waals surface area contributed by atoms with Crippen LogP contribution in [0.3, 0.4) is 0 Å². The zero-order chi connectivity index (χ0) is 13.7. The van der Waals surface area contributed by atoms with E-state index in [0.29, 0.717) is 17.5 Å². The molecule has 0 bridgehead atoms. The molecule has 1 aromatic heterocycles. The van der Waals surface area contributed by atoms with E-state index in [1.807, 2.05) is 0 Å². The summed E-state index contributed by atoms with van der Waals surface area (Å²) in [6, 6.07) is 2.89. The molecule has 3 nitrogen and oxygen atoms in total. The number of aromatic nitrogens is 2. The van der Waals surface area contributed by atoms with E-state index < -0.39 is 11.6 Å². The van der Waals surface area contributed by atoms with Crippen LogP contribution in [0.1, 0.15) is 43.5 Å². The van der Waals surface area contributed by atoms with Gasteiger partial charge in [0.05, 0.1) is 11.0 Å². The van der Waals surface area contributed by atoms with Crippen LogP contribution < -0.4 is 5.32 Å². The molecule has 1 aromatic carbocycles. The summed E-state index contributed by atoms with van der Waals surface area (Å²) in [6.07, 6.45) is 4.31. The molecule has 20 heavy (non-hydrogen) atoms. The molecule has 1 aliphatic heterocycles. The van der Waals surface area contributed by atoms with Gasteiger partial charge in [-0.15, -0.1) is 0 Å². The fourth-order valence-electron chi connectivity index (χ4n) is 3.19. The minimum absolute atomic E-state index is 0.349. The van der Waals surface area contributed by atoms with Gasteiger partial charge < -0.3 is 9.88 Å². The van der Waals surface area contributed by atoms with Crippen molar-refractivity contribution in [3.63, 3.8) is 0 Å². The van der Waals surface area contributed by atoms with E-state index in [2.05, 4.69) is 14.9 Å². The molecule has 0 unspecified atom stereocenters. The Morgan fingerprint density at radius 1 is 1.05 bits per heavy atom. The third-order valence-electron chi connectivity index (χ3n) is 4.38. The zero-order valence-corrected chi connectivity index (χ0v) is 11.2. The number of benzene rings is 1. The van der Waals surface area contributed by atoms with Gasteiger partial charge in [-0.25, -0.2) is 13.8 Å². The highest BCUT2D eigenvalue weighted by Crippen LogP contribution is 2.43. The summed E-state index contributed by atoms with van der Waals surface area (Å²) in [5, 5.41) is 3.34. The van der Waals surface area contributed by atoms with Gasteiger partial charge in [0.15, 0.2) is 11.6 Å². The first-order chi connectivity index (χ1) is 9.74. The quantitative estimate of drug-likeness (QED) is 0.914. The number of imidazole rings is 1. The van der Waals surface area contributed by atoms with E-state index in [9.17, 15) is 8.78 Å². The summed E-state index contributed by atoms with van der Waals surface area (Å²) in [5.41, 5.74) is 1.34. The number of rotatable bonds is 2. The minimum atomic E-state index is -0.810. The number of nitrogens with one attached hydrogen (secondary N) is 1. The van der Waals surface area contributed by atoms with E-state index in [1.165, 1.54) is 12.1 Å². The normalized spacial score (nSPS) is 20.7. The Morgan fingerprint density at radius 3 is 2.45 bits per heavy atom. The van der Waals surface area contributed by atoms with Crippen LogP contribution in [0.15, 0.2) is 12.1 Å². The van der Waals surface area contributed by atoms with Crippen LogP contribution in [0.5, 0.6) is 0 Å². The minimum Gasteiger partial charge on any atom is -0.324 e. The molecule has 0 amide bonds. The SMILES string of the molecule is Fc1cc2nc(C3CC3)n(C3CCNCC3)c2cc1F. The average Bonchev–Trinajstić information content (AvgIpc) is 3.24. The Bertz CT molecular complexity index is 655. The molecule has 2 fully saturated rings. The first-order valence-corrected chi connectivity index (χ1v) is 7.31. The van der Waals surface area contributed by atoms with E-state index in [4.69, 9.17) is 0 Å². The molecule has 0 atom stereocenters. The van der Waals surface area contributed by atoms with Crippen LogP contribution in [0.4, 0.5) is 8.78 Å². The molecule has 0 radical (unpaired) electrons. The number of nitrogens with zero attached hydrogens (tertiary/aromatic N) is 2. The van der Waals surface area contributed by atoms with Gasteiger partial charge in [0.25, 0.3) is 0 Å². The van der Waals surface area contributed by atoms with Crippen LogP contribution in [0.25, 0.3) is 11.0 Å². The predicted molar refractivity (Wildman–Crippen MR) is 72.8 cm³/mol. The topological polar surface area (TPSA) is 29.9 Å². The van der Waals surface area contributed by atoms with Gasteiger partial charge in [-0.05, 0) is 38.8 Å². The molecule has 1 saturated heterocycles. The van der Waals surface area contributed by atoms with Crippen molar-refractivity contribution in [1.29, 1.82) is 0 Å². The summed E-state index contributed by atoms with van der Waals surface area (Å²) in [5.74, 6) is -0.0925. The molecular formula is C15H17F2N3. The van der Waals surface area contributed by atoms with Gasteiger partial charge in [0, 0.05) is 24.1 Å². The van der Waals surface area contributed by atoms with Gasteiger partial charge in [0.1, 0.15) is 5.82 Å². The second-order valence-corrected chi connectivity index (χ2v) is 5.85. The standard InChI is InChI=1S/C15H17F2N3/c16-11-7-13-14(8-12(11)17)20(10-3-5-18-6-4-10)15(19-13)9-1-2-9/h7-10,18H,1-6H2. The Kier molecular flexibility index (Phi) is 2.77. The van der Waals surface area contributed by atoms with Crippen molar-refractivity contribution in [2.45, 2.75) is 37.6 Å². The van der Waals surface area contributed by atoms with E-state index in [0.717, 1.165) is 50.1 Å². The van der Waals surface area contributed by atoms with Crippen molar-refractivity contribution in [3.05, 3.63) is 29.6 Å². The molecule has 106 valence electrons. The Hall–Kier alpha value is -1.49. The van der Waals surface area contributed by atoms with Crippen LogP contribution >= 0.6 is 0 Å². The fraction of sp³-hybridized carbons (Fsp3) is 0.533. The number of halogens is 2. The smallest absolute Gasteiger partial charge is 0.161 e. The largest absolute Gasteiger partial charge is 0.324 e. The van der Waals surface area contributed by atoms with Crippen molar-refractivity contribution in [2.75, 3.05) is 13.1 Å². The second kappa shape index (κ2) is 4.52. The maximum absolute atomic E-state index is 13.6. The summed E-state index contributed by atoms with van der Waals surface area (Å²) >= 11 is 0. The van der Waals surface area contributed by atoms with E-state index in [-0.39, 0.29) is 0 Å².